The molecule has 0 aromatic carbocycles. The second-order valence-corrected chi connectivity index (χ2v) is 6.01. The van der Waals surface area contributed by atoms with Crippen LogP contribution >= 0.6 is 0 Å². The van der Waals surface area contributed by atoms with Crippen LogP contribution in [0.3, 0.4) is 0 Å². The van der Waals surface area contributed by atoms with Crippen molar-refractivity contribution < 1.29 is 18.9 Å². The van der Waals surface area contributed by atoms with Crippen molar-refractivity contribution in [1.29, 1.82) is 0 Å². The Labute approximate surface area is 128 Å². The largest absolute Gasteiger partial charge is 0.352 e. The fourth-order valence-electron chi connectivity index (χ4n) is 2.62. The molecule has 0 amide bonds. The summed E-state index contributed by atoms with van der Waals surface area (Å²) in [5.41, 5.74) is 0. The minimum absolute atomic E-state index is 0.0329. The van der Waals surface area contributed by atoms with Crippen LogP contribution in [0.15, 0.2) is 12.2 Å². The molecule has 0 N–H and O–H groups in total. The first-order valence-corrected chi connectivity index (χ1v) is 8.46. The van der Waals surface area contributed by atoms with Crippen LogP contribution in [0.25, 0.3) is 0 Å². The van der Waals surface area contributed by atoms with Crippen LogP contribution in [0.5, 0.6) is 0 Å². The molecule has 122 valence electrons. The van der Waals surface area contributed by atoms with Crippen molar-refractivity contribution >= 4 is 0 Å². The molecule has 21 heavy (non-hydrogen) atoms. The number of hydrogen-bond donors (Lipinski definition) is 0. The second kappa shape index (κ2) is 9.57. The third kappa shape index (κ3) is 5.70. The lowest BCUT2D eigenvalue weighted by Crippen LogP contribution is -2.44. The molecule has 2 fully saturated rings. The zero-order valence-corrected chi connectivity index (χ0v) is 13.5. The molecule has 0 radical (unpaired) electrons. The smallest absolute Gasteiger partial charge is 0.164 e. The molecule has 0 unspecified atom stereocenters. The number of ether oxygens (including phenoxy) is 4. The fraction of sp³-hybridized carbons (Fsp3) is 0.882. The maximum Gasteiger partial charge on any atom is 0.164 e. The monoisotopic (exact) mass is 298 g/mol. The lowest BCUT2D eigenvalue weighted by Gasteiger charge is -2.37. The van der Waals surface area contributed by atoms with Crippen molar-refractivity contribution in [3.05, 3.63) is 12.2 Å². The molecule has 0 aromatic rings. The topological polar surface area (TPSA) is 36.9 Å². The van der Waals surface area contributed by atoms with Crippen LogP contribution in [0.1, 0.15) is 46.0 Å². The van der Waals surface area contributed by atoms with Crippen LogP contribution in [0.4, 0.5) is 0 Å². The number of allylic oxidation sites excluding steroid dienone is 1. The SMILES string of the molecule is CCC/C=C/C1COC(C2COC(CCCC)OC2)OC1. The van der Waals surface area contributed by atoms with Crippen molar-refractivity contribution in [3.8, 4) is 0 Å². The summed E-state index contributed by atoms with van der Waals surface area (Å²) < 4.78 is 23.2. The highest BCUT2D eigenvalue weighted by atomic mass is 16.7. The average Bonchev–Trinajstić information content (AvgIpc) is 2.54. The van der Waals surface area contributed by atoms with Gasteiger partial charge in [-0.1, -0.05) is 38.8 Å². The molecular weight excluding hydrogens is 268 g/mol. The highest BCUT2D eigenvalue weighted by Crippen LogP contribution is 2.24. The summed E-state index contributed by atoms with van der Waals surface area (Å²) in [6, 6.07) is 0. The molecule has 4 heteroatoms. The minimum Gasteiger partial charge on any atom is -0.352 e. The Balaban J connectivity index is 1.64. The molecule has 0 aromatic heterocycles. The van der Waals surface area contributed by atoms with Gasteiger partial charge >= 0.3 is 0 Å². The van der Waals surface area contributed by atoms with Gasteiger partial charge in [-0.05, 0) is 19.3 Å². The molecule has 2 saturated heterocycles. The third-order valence-electron chi connectivity index (χ3n) is 3.98. The first kappa shape index (κ1) is 16.9. The zero-order valence-electron chi connectivity index (χ0n) is 13.5. The molecule has 0 bridgehead atoms. The summed E-state index contributed by atoms with van der Waals surface area (Å²) in [5.74, 6) is 0.582. The molecule has 0 aliphatic carbocycles. The van der Waals surface area contributed by atoms with Crippen molar-refractivity contribution in [2.75, 3.05) is 26.4 Å². The zero-order chi connectivity index (χ0) is 14.9. The van der Waals surface area contributed by atoms with E-state index in [1.165, 1.54) is 12.8 Å². The van der Waals surface area contributed by atoms with Gasteiger partial charge < -0.3 is 18.9 Å². The Morgan fingerprint density at radius 1 is 0.905 bits per heavy atom. The van der Waals surface area contributed by atoms with Gasteiger partial charge in [-0.15, -0.1) is 0 Å². The van der Waals surface area contributed by atoms with Gasteiger partial charge in [0.25, 0.3) is 0 Å². The van der Waals surface area contributed by atoms with Gasteiger partial charge in [-0.25, -0.2) is 0 Å². The van der Waals surface area contributed by atoms with Gasteiger partial charge in [0.2, 0.25) is 0 Å². The van der Waals surface area contributed by atoms with Gasteiger partial charge in [-0.3, -0.25) is 0 Å². The van der Waals surface area contributed by atoms with Crippen molar-refractivity contribution in [2.24, 2.45) is 11.8 Å². The highest BCUT2D eigenvalue weighted by molar-refractivity contribution is 4.89. The fourth-order valence-corrected chi connectivity index (χ4v) is 2.62. The normalized spacial score (nSPS) is 34.4. The van der Waals surface area contributed by atoms with E-state index in [1.807, 2.05) is 0 Å². The van der Waals surface area contributed by atoms with Crippen LogP contribution < -0.4 is 0 Å². The summed E-state index contributed by atoms with van der Waals surface area (Å²) in [4.78, 5) is 0. The molecule has 0 saturated carbocycles. The van der Waals surface area contributed by atoms with Gasteiger partial charge in [0.1, 0.15) is 0 Å². The van der Waals surface area contributed by atoms with Gasteiger partial charge in [-0.2, -0.15) is 0 Å². The van der Waals surface area contributed by atoms with E-state index in [1.54, 1.807) is 0 Å². The Kier molecular flexibility index (Phi) is 7.72. The molecule has 2 heterocycles. The number of hydrogen-bond acceptors (Lipinski definition) is 4. The Morgan fingerprint density at radius 3 is 2.24 bits per heavy atom. The summed E-state index contributed by atoms with van der Waals surface area (Å²) in [6.45, 7) is 7.19. The minimum atomic E-state index is -0.173. The van der Waals surface area contributed by atoms with E-state index >= 15 is 0 Å². The van der Waals surface area contributed by atoms with Gasteiger partial charge in [0.15, 0.2) is 12.6 Å². The molecule has 0 atom stereocenters. The van der Waals surface area contributed by atoms with E-state index in [2.05, 4.69) is 26.0 Å². The Morgan fingerprint density at radius 2 is 1.62 bits per heavy atom. The van der Waals surface area contributed by atoms with Crippen LogP contribution in [0.2, 0.25) is 0 Å². The lowest BCUT2D eigenvalue weighted by atomic mass is 10.1. The van der Waals surface area contributed by atoms with E-state index in [0.29, 0.717) is 19.1 Å². The predicted octanol–water partition coefficient (Wildman–Crippen LogP) is 3.51. The second-order valence-electron chi connectivity index (χ2n) is 6.01. The lowest BCUT2D eigenvalue weighted by molar-refractivity contribution is -0.278. The molecule has 0 spiro atoms. The standard InChI is InChI=1S/C17H30O4/c1-3-5-7-8-14-10-20-17(21-11-14)15-12-18-16(19-13-15)9-6-4-2/h7-8,14-17H,3-6,9-13H2,1-2H3/b8-7+. The molecule has 4 nitrogen and oxygen atoms in total. The van der Waals surface area contributed by atoms with Crippen LogP contribution in [-0.2, 0) is 18.9 Å². The summed E-state index contributed by atoms with van der Waals surface area (Å²) in [6.07, 6.45) is 9.86. The Hall–Kier alpha value is -0.420. The van der Waals surface area contributed by atoms with Crippen LogP contribution in [-0.4, -0.2) is 39.0 Å². The average molecular weight is 298 g/mol. The first-order valence-electron chi connectivity index (χ1n) is 8.46. The first-order chi connectivity index (χ1) is 10.3. The molecule has 2 aliphatic rings. The molecule has 2 aliphatic heterocycles. The number of rotatable bonds is 7. The summed E-state index contributed by atoms with van der Waals surface area (Å²) in [5, 5.41) is 0. The van der Waals surface area contributed by atoms with E-state index in [-0.39, 0.29) is 18.5 Å². The van der Waals surface area contributed by atoms with Crippen molar-refractivity contribution in [2.45, 2.75) is 58.5 Å². The van der Waals surface area contributed by atoms with E-state index < -0.39 is 0 Å². The number of unbranched alkanes of at least 4 members (excludes halogenated alkanes) is 2. The third-order valence-corrected chi connectivity index (χ3v) is 3.98. The maximum atomic E-state index is 5.84. The summed E-state index contributed by atoms with van der Waals surface area (Å²) >= 11 is 0. The predicted molar refractivity (Wildman–Crippen MR) is 81.9 cm³/mol. The van der Waals surface area contributed by atoms with Crippen LogP contribution in [0, 0.1) is 11.8 Å². The van der Waals surface area contributed by atoms with E-state index in [0.717, 1.165) is 32.5 Å². The molecular formula is C17H30O4. The van der Waals surface area contributed by atoms with Crippen molar-refractivity contribution in [1.82, 2.24) is 0 Å². The molecule has 2 rings (SSSR count). The van der Waals surface area contributed by atoms with E-state index in [4.69, 9.17) is 18.9 Å². The van der Waals surface area contributed by atoms with Gasteiger partial charge in [0.05, 0.1) is 32.3 Å². The Bertz CT molecular complexity index is 289. The quantitative estimate of drug-likeness (QED) is 0.674. The van der Waals surface area contributed by atoms with Gasteiger partial charge in [0, 0.05) is 5.92 Å². The van der Waals surface area contributed by atoms with E-state index in [9.17, 15) is 0 Å². The maximum absolute atomic E-state index is 5.84. The van der Waals surface area contributed by atoms with Crippen molar-refractivity contribution in [3.63, 3.8) is 0 Å². The summed E-state index contributed by atoms with van der Waals surface area (Å²) in [7, 11) is 0. The highest BCUT2D eigenvalue weighted by Gasteiger charge is 2.32.